The summed E-state index contributed by atoms with van der Waals surface area (Å²) in [6, 6.07) is 1.43. The summed E-state index contributed by atoms with van der Waals surface area (Å²) in [6.07, 6.45) is 0.755. The highest BCUT2D eigenvalue weighted by atomic mass is 16.5. The van der Waals surface area contributed by atoms with E-state index in [0.29, 0.717) is 6.61 Å². The molecule has 0 bridgehead atoms. The van der Waals surface area contributed by atoms with Gasteiger partial charge in [-0.15, -0.1) is 0 Å². The third kappa shape index (κ3) is 5.56. The third-order valence-electron chi connectivity index (χ3n) is 3.51. The molecule has 1 amide bonds. The van der Waals surface area contributed by atoms with Gasteiger partial charge in [-0.05, 0) is 18.5 Å². The Morgan fingerprint density at radius 2 is 2.33 bits per heavy atom. The maximum atomic E-state index is 11.9. The summed E-state index contributed by atoms with van der Waals surface area (Å²) in [5, 5.41) is 12.6. The van der Waals surface area contributed by atoms with Crippen LogP contribution >= 0.6 is 0 Å². The molecule has 0 aromatic carbocycles. The number of ketones is 1. The lowest BCUT2D eigenvalue weighted by Gasteiger charge is -2.07. The van der Waals surface area contributed by atoms with Gasteiger partial charge in [0.1, 0.15) is 5.78 Å². The largest absolute Gasteiger partial charge is 0.475 e. The molecule has 0 radical (unpaired) electrons. The van der Waals surface area contributed by atoms with E-state index in [1.54, 1.807) is 6.92 Å². The minimum Gasteiger partial charge on any atom is -0.475 e. The number of amides is 1. The number of aromatic nitrogens is 1. The van der Waals surface area contributed by atoms with Crippen LogP contribution in [0.1, 0.15) is 30.8 Å². The Hall–Kier alpha value is -2.58. The molecule has 1 aliphatic rings. The lowest BCUT2D eigenvalue weighted by atomic mass is 10.1. The standard InChI is InChI=1S/C15H23N5O4/c1-10(11(2)21)9-19-14(22)12-8-13(20-24-12)23-7-3-4-16-15-17-5-6-18-15/h8,10H,3-7,9H2,1-2H3,(H,19,22)(H2,16,17,18). The highest BCUT2D eigenvalue weighted by Gasteiger charge is 2.16. The summed E-state index contributed by atoms with van der Waals surface area (Å²) in [7, 11) is 0. The number of carbonyl (C=O) groups excluding carboxylic acids is 2. The number of hydrogen-bond acceptors (Lipinski definition) is 8. The first kappa shape index (κ1) is 17.8. The Bertz CT molecular complexity index is 598. The SMILES string of the molecule is CC(=O)C(C)CNC(=O)c1cc(OCCCNC2=NCCN2)no1. The molecule has 1 aliphatic heterocycles. The average Bonchev–Trinajstić information content (AvgIpc) is 3.23. The zero-order chi connectivity index (χ0) is 17.4. The lowest BCUT2D eigenvalue weighted by molar-refractivity contribution is -0.120. The van der Waals surface area contributed by atoms with Gasteiger partial charge in [-0.2, -0.15) is 0 Å². The topological polar surface area (TPSA) is 118 Å². The summed E-state index contributed by atoms with van der Waals surface area (Å²) >= 11 is 0. The van der Waals surface area contributed by atoms with Crippen LogP contribution in [0.15, 0.2) is 15.6 Å². The second-order valence-electron chi connectivity index (χ2n) is 5.54. The minimum atomic E-state index is -0.419. The van der Waals surface area contributed by atoms with Crippen LogP contribution in [-0.4, -0.2) is 55.6 Å². The van der Waals surface area contributed by atoms with E-state index in [1.807, 2.05) is 0 Å². The van der Waals surface area contributed by atoms with E-state index in [1.165, 1.54) is 13.0 Å². The van der Waals surface area contributed by atoms with Crippen LogP contribution in [0.2, 0.25) is 0 Å². The summed E-state index contributed by atoms with van der Waals surface area (Å²) in [6.45, 7) is 6.32. The number of carbonyl (C=O) groups is 2. The molecule has 2 heterocycles. The smallest absolute Gasteiger partial charge is 0.290 e. The molecular weight excluding hydrogens is 314 g/mol. The predicted octanol–water partition coefficient (Wildman–Crippen LogP) is -0.0528. The molecule has 0 saturated heterocycles. The van der Waals surface area contributed by atoms with Gasteiger partial charge < -0.3 is 25.2 Å². The predicted molar refractivity (Wildman–Crippen MR) is 87.1 cm³/mol. The molecule has 3 N–H and O–H groups in total. The summed E-state index contributed by atoms with van der Waals surface area (Å²) < 4.78 is 10.4. The van der Waals surface area contributed by atoms with Crippen LogP contribution in [-0.2, 0) is 4.79 Å². The normalized spacial score (nSPS) is 14.5. The molecule has 2 rings (SSSR count). The molecule has 0 saturated carbocycles. The molecule has 1 aromatic heterocycles. The van der Waals surface area contributed by atoms with Crippen molar-refractivity contribution in [3.63, 3.8) is 0 Å². The maximum Gasteiger partial charge on any atom is 0.290 e. The van der Waals surface area contributed by atoms with E-state index in [9.17, 15) is 9.59 Å². The van der Waals surface area contributed by atoms with Crippen LogP contribution in [0.5, 0.6) is 5.88 Å². The van der Waals surface area contributed by atoms with Crippen molar-refractivity contribution in [3.8, 4) is 5.88 Å². The van der Waals surface area contributed by atoms with Crippen LogP contribution in [0.3, 0.4) is 0 Å². The first-order chi connectivity index (χ1) is 11.6. The van der Waals surface area contributed by atoms with Gasteiger partial charge in [0, 0.05) is 25.6 Å². The minimum absolute atomic E-state index is 0.0178. The quantitative estimate of drug-likeness (QED) is 0.541. The van der Waals surface area contributed by atoms with Gasteiger partial charge >= 0.3 is 0 Å². The molecule has 9 nitrogen and oxygen atoms in total. The van der Waals surface area contributed by atoms with Crippen molar-refractivity contribution in [2.45, 2.75) is 20.3 Å². The lowest BCUT2D eigenvalue weighted by Crippen LogP contribution is -2.34. The van der Waals surface area contributed by atoms with Crippen molar-refractivity contribution in [1.82, 2.24) is 21.1 Å². The molecule has 1 atom stereocenters. The number of ether oxygens (including phenoxy) is 1. The van der Waals surface area contributed by atoms with Gasteiger partial charge in [-0.3, -0.25) is 14.6 Å². The van der Waals surface area contributed by atoms with Gasteiger partial charge in [0.2, 0.25) is 5.76 Å². The molecular formula is C15H23N5O4. The Labute approximate surface area is 140 Å². The molecule has 0 aliphatic carbocycles. The second-order valence-corrected chi connectivity index (χ2v) is 5.54. The zero-order valence-corrected chi connectivity index (χ0v) is 13.9. The van der Waals surface area contributed by atoms with Crippen molar-refractivity contribution in [2.75, 3.05) is 32.8 Å². The van der Waals surface area contributed by atoms with Gasteiger partial charge in [0.05, 0.1) is 19.2 Å². The van der Waals surface area contributed by atoms with Crippen LogP contribution < -0.4 is 20.7 Å². The molecule has 24 heavy (non-hydrogen) atoms. The summed E-state index contributed by atoms with van der Waals surface area (Å²) in [5.74, 6) is 0.496. The van der Waals surface area contributed by atoms with Crippen molar-refractivity contribution in [3.05, 3.63) is 11.8 Å². The number of guanidine groups is 1. The number of rotatable bonds is 9. The van der Waals surface area contributed by atoms with Crippen LogP contribution in [0.25, 0.3) is 0 Å². The fourth-order valence-corrected chi connectivity index (χ4v) is 1.88. The fourth-order valence-electron chi connectivity index (χ4n) is 1.88. The van der Waals surface area contributed by atoms with E-state index < -0.39 is 5.91 Å². The van der Waals surface area contributed by atoms with E-state index in [-0.39, 0.29) is 29.9 Å². The number of nitrogens with one attached hydrogen (secondary N) is 3. The monoisotopic (exact) mass is 337 g/mol. The molecule has 1 aromatic rings. The first-order valence-electron chi connectivity index (χ1n) is 7.96. The van der Waals surface area contributed by atoms with Crippen molar-refractivity contribution in [2.24, 2.45) is 10.9 Å². The highest BCUT2D eigenvalue weighted by molar-refractivity contribution is 5.92. The molecule has 0 fully saturated rings. The highest BCUT2D eigenvalue weighted by Crippen LogP contribution is 2.11. The molecule has 132 valence electrons. The number of aliphatic imine (C=N–C) groups is 1. The number of hydrogen-bond donors (Lipinski definition) is 3. The van der Waals surface area contributed by atoms with Crippen LogP contribution in [0, 0.1) is 5.92 Å². The number of Topliss-reactive ketones (excluding diaryl/α,β-unsaturated/α-hetero) is 1. The Morgan fingerprint density at radius 1 is 1.50 bits per heavy atom. The molecule has 1 unspecified atom stereocenters. The van der Waals surface area contributed by atoms with Gasteiger partial charge in [-0.1, -0.05) is 6.92 Å². The van der Waals surface area contributed by atoms with E-state index >= 15 is 0 Å². The van der Waals surface area contributed by atoms with Crippen molar-refractivity contribution < 1.29 is 18.8 Å². The first-order valence-corrected chi connectivity index (χ1v) is 7.96. The maximum absolute atomic E-state index is 11.9. The van der Waals surface area contributed by atoms with E-state index in [0.717, 1.165) is 32.0 Å². The molecule has 0 spiro atoms. The Balaban J connectivity index is 1.64. The van der Waals surface area contributed by atoms with Crippen molar-refractivity contribution in [1.29, 1.82) is 0 Å². The molecule has 9 heteroatoms. The Morgan fingerprint density at radius 3 is 3.04 bits per heavy atom. The fraction of sp³-hybridized carbons (Fsp3) is 0.600. The van der Waals surface area contributed by atoms with Crippen molar-refractivity contribution >= 4 is 17.6 Å². The van der Waals surface area contributed by atoms with E-state index in [4.69, 9.17) is 9.26 Å². The second kappa shape index (κ2) is 8.90. The summed E-state index contributed by atoms with van der Waals surface area (Å²) in [5.41, 5.74) is 0. The zero-order valence-electron chi connectivity index (χ0n) is 13.9. The van der Waals surface area contributed by atoms with Gasteiger partial charge in [0.15, 0.2) is 5.96 Å². The third-order valence-corrected chi connectivity index (χ3v) is 3.51. The van der Waals surface area contributed by atoms with Crippen LogP contribution in [0.4, 0.5) is 0 Å². The summed E-state index contributed by atoms with van der Waals surface area (Å²) in [4.78, 5) is 27.2. The average molecular weight is 337 g/mol. The number of nitrogens with zero attached hydrogens (tertiary/aromatic N) is 2. The van der Waals surface area contributed by atoms with Gasteiger partial charge in [0.25, 0.3) is 11.8 Å². The van der Waals surface area contributed by atoms with E-state index in [2.05, 4.69) is 26.1 Å². The Kier molecular flexibility index (Phi) is 6.59. The van der Waals surface area contributed by atoms with Gasteiger partial charge in [-0.25, -0.2) is 0 Å².